The molecule has 1 spiro atoms. The van der Waals surface area contributed by atoms with Gasteiger partial charge in [-0.1, -0.05) is 30.3 Å². The molecule has 8 nitrogen and oxygen atoms in total. The fourth-order valence-electron chi connectivity index (χ4n) is 5.84. The van der Waals surface area contributed by atoms with Crippen molar-refractivity contribution in [3.8, 4) is 0 Å². The smallest absolute Gasteiger partial charge is 0.375 e. The Hall–Kier alpha value is -3.65. The quantitative estimate of drug-likeness (QED) is 0.600. The Kier molecular flexibility index (Phi) is 5.76. The largest absolute Gasteiger partial charge is 0.396 e. The second-order valence-electron chi connectivity index (χ2n) is 9.87. The van der Waals surface area contributed by atoms with Crippen molar-refractivity contribution in [3.63, 3.8) is 0 Å². The third-order valence-electron chi connectivity index (χ3n) is 7.75. The molecule has 0 aromatic heterocycles. The monoisotopic (exact) mass is 487 g/mol. The lowest BCUT2D eigenvalue weighted by Crippen LogP contribution is -2.52. The first kappa shape index (κ1) is 22.8. The van der Waals surface area contributed by atoms with Crippen LogP contribution in [0.5, 0.6) is 0 Å². The molecule has 0 saturated carbocycles. The predicted octanol–water partition coefficient (Wildman–Crippen LogP) is 2.68. The van der Waals surface area contributed by atoms with Crippen molar-refractivity contribution >= 4 is 23.5 Å². The number of carbonyl (C=O) groups excluding carboxylic acids is 3. The highest BCUT2D eigenvalue weighted by Crippen LogP contribution is 2.43. The molecule has 6 rings (SSSR count). The van der Waals surface area contributed by atoms with Crippen LogP contribution in [0, 0.1) is 5.92 Å². The Balaban J connectivity index is 1.12. The maximum absolute atomic E-state index is 13.4. The van der Waals surface area contributed by atoms with E-state index in [1.807, 2.05) is 0 Å². The molecule has 2 aromatic carbocycles. The van der Waals surface area contributed by atoms with Gasteiger partial charge in [0.15, 0.2) is 0 Å². The van der Waals surface area contributed by atoms with Crippen LogP contribution in [0.3, 0.4) is 0 Å². The van der Waals surface area contributed by atoms with Crippen LogP contribution in [0.4, 0.5) is 5.69 Å². The van der Waals surface area contributed by atoms with Crippen LogP contribution in [0.1, 0.15) is 34.3 Å². The number of ether oxygens (including phenoxy) is 2. The number of anilines is 1. The summed E-state index contributed by atoms with van der Waals surface area (Å²) < 4.78 is 11.3. The number of nitrogens with zero attached hydrogens (tertiary/aromatic N) is 3. The predicted molar refractivity (Wildman–Crippen MR) is 132 cm³/mol. The van der Waals surface area contributed by atoms with E-state index in [2.05, 4.69) is 34.1 Å². The summed E-state index contributed by atoms with van der Waals surface area (Å²) in [6.45, 7) is 5.29. The topological polar surface area (TPSA) is 79.4 Å². The van der Waals surface area contributed by atoms with Crippen molar-refractivity contribution in [3.05, 3.63) is 77.4 Å². The van der Waals surface area contributed by atoms with Gasteiger partial charge in [-0.25, -0.2) is 9.59 Å². The number of esters is 2. The number of piperidine rings is 1. The minimum atomic E-state index is -1.86. The Morgan fingerprint density at radius 1 is 0.833 bits per heavy atom. The van der Waals surface area contributed by atoms with E-state index >= 15 is 0 Å². The van der Waals surface area contributed by atoms with Crippen LogP contribution in [-0.2, 0) is 31.4 Å². The maximum atomic E-state index is 13.4. The number of carbonyl (C=O) groups is 3. The molecule has 2 aromatic rings. The van der Waals surface area contributed by atoms with E-state index in [4.69, 9.17) is 9.47 Å². The Labute approximate surface area is 210 Å². The summed E-state index contributed by atoms with van der Waals surface area (Å²) >= 11 is 0. The van der Waals surface area contributed by atoms with Gasteiger partial charge < -0.3 is 19.3 Å². The number of rotatable bonds is 5. The first-order chi connectivity index (χ1) is 17.5. The molecular weight excluding hydrogens is 458 g/mol. The van der Waals surface area contributed by atoms with Gasteiger partial charge in [-0.3, -0.25) is 9.69 Å². The molecule has 4 aliphatic rings. The second-order valence-corrected chi connectivity index (χ2v) is 9.87. The lowest BCUT2D eigenvalue weighted by Gasteiger charge is -2.39. The van der Waals surface area contributed by atoms with Crippen LogP contribution >= 0.6 is 0 Å². The van der Waals surface area contributed by atoms with E-state index in [0.717, 1.165) is 64.1 Å². The molecule has 1 amide bonds. The molecule has 8 heteroatoms. The van der Waals surface area contributed by atoms with E-state index in [-0.39, 0.29) is 11.8 Å². The number of likely N-dealkylation sites (tertiary alicyclic amines) is 1. The first-order valence-electron chi connectivity index (χ1n) is 12.6. The summed E-state index contributed by atoms with van der Waals surface area (Å²) in [7, 11) is 0. The molecular formula is C28H29N3O5. The SMILES string of the molecule is O=C1C=CC(=O)OC2(O1)c1ccccc1C(=O)N2CC1CCN(CCN2CCc3ccccc32)CC1. The van der Waals surface area contributed by atoms with Crippen LogP contribution in [0.2, 0.25) is 0 Å². The number of benzene rings is 2. The molecule has 0 N–H and O–H groups in total. The summed E-state index contributed by atoms with van der Waals surface area (Å²) in [6, 6.07) is 15.5. The van der Waals surface area contributed by atoms with Gasteiger partial charge >= 0.3 is 17.8 Å². The average Bonchev–Trinajstić information content (AvgIpc) is 3.35. The van der Waals surface area contributed by atoms with Gasteiger partial charge in [-0.2, -0.15) is 0 Å². The van der Waals surface area contributed by atoms with E-state index in [1.165, 1.54) is 16.2 Å². The Bertz CT molecular complexity index is 1210. The summed E-state index contributed by atoms with van der Waals surface area (Å²) in [5, 5.41) is 0. The Morgan fingerprint density at radius 3 is 2.31 bits per heavy atom. The van der Waals surface area contributed by atoms with Gasteiger partial charge in [0.2, 0.25) is 0 Å². The van der Waals surface area contributed by atoms with Gasteiger partial charge in [0.25, 0.3) is 5.91 Å². The zero-order chi connectivity index (χ0) is 24.7. The van der Waals surface area contributed by atoms with Gasteiger partial charge in [0, 0.05) is 44.0 Å². The highest BCUT2D eigenvalue weighted by Gasteiger charge is 2.57. The van der Waals surface area contributed by atoms with Gasteiger partial charge in [-0.15, -0.1) is 0 Å². The maximum Gasteiger partial charge on any atom is 0.375 e. The number of hydrogen-bond acceptors (Lipinski definition) is 7. The lowest BCUT2D eigenvalue weighted by atomic mass is 9.96. The number of hydrogen-bond donors (Lipinski definition) is 0. The van der Waals surface area contributed by atoms with Crippen LogP contribution < -0.4 is 4.90 Å². The molecule has 0 aliphatic carbocycles. The molecule has 186 valence electrons. The number of para-hydroxylation sites is 1. The Morgan fingerprint density at radius 2 is 1.53 bits per heavy atom. The molecule has 0 bridgehead atoms. The summed E-state index contributed by atoms with van der Waals surface area (Å²) in [4.78, 5) is 44.5. The minimum absolute atomic E-state index is 0.206. The van der Waals surface area contributed by atoms with Crippen molar-refractivity contribution in [2.45, 2.75) is 25.2 Å². The van der Waals surface area contributed by atoms with Crippen molar-refractivity contribution in [2.75, 3.05) is 44.2 Å². The highest BCUT2D eigenvalue weighted by molar-refractivity contribution is 6.01. The number of amides is 1. The van der Waals surface area contributed by atoms with Crippen molar-refractivity contribution in [1.29, 1.82) is 0 Å². The normalized spacial score (nSPS) is 21.4. The van der Waals surface area contributed by atoms with E-state index in [1.54, 1.807) is 24.3 Å². The fourth-order valence-corrected chi connectivity index (χ4v) is 5.84. The average molecular weight is 488 g/mol. The molecule has 1 fully saturated rings. The van der Waals surface area contributed by atoms with Gasteiger partial charge in [0.1, 0.15) is 0 Å². The third-order valence-corrected chi connectivity index (χ3v) is 7.75. The van der Waals surface area contributed by atoms with Crippen LogP contribution in [0.15, 0.2) is 60.7 Å². The highest BCUT2D eigenvalue weighted by atomic mass is 16.8. The minimum Gasteiger partial charge on any atom is -0.396 e. The summed E-state index contributed by atoms with van der Waals surface area (Å²) in [6.07, 6.45) is 5.01. The molecule has 1 saturated heterocycles. The van der Waals surface area contributed by atoms with E-state index in [9.17, 15) is 14.4 Å². The zero-order valence-electron chi connectivity index (χ0n) is 20.1. The van der Waals surface area contributed by atoms with Crippen molar-refractivity contribution in [1.82, 2.24) is 9.80 Å². The van der Waals surface area contributed by atoms with Gasteiger partial charge in [0.05, 0.1) is 11.1 Å². The zero-order valence-corrected chi connectivity index (χ0v) is 20.1. The second kappa shape index (κ2) is 9.09. The third kappa shape index (κ3) is 3.95. The molecule has 36 heavy (non-hydrogen) atoms. The van der Waals surface area contributed by atoms with Crippen LogP contribution in [-0.4, -0.2) is 66.9 Å². The molecule has 0 unspecified atom stereocenters. The number of fused-ring (bicyclic) bond motifs is 3. The van der Waals surface area contributed by atoms with Crippen molar-refractivity contribution < 1.29 is 23.9 Å². The molecule has 0 radical (unpaired) electrons. The summed E-state index contributed by atoms with van der Waals surface area (Å²) in [5.41, 5.74) is 3.57. The first-order valence-corrected chi connectivity index (χ1v) is 12.6. The molecule has 4 aliphatic heterocycles. The molecule has 4 heterocycles. The van der Waals surface area contributed by atoms with Crippen LogP contribution in [0.25, 0.3) is 0 Å². The lowest BCUT2D eigenvalue weighted by molar-refractivity contribution is -0.275. The van der Waals surface area contributed by atoms with Gasteiger partial charge in [-0.05, 0) is 62.0 Å². The van der Waals surface area contributed by atoms with Crippen molar-refractivity contribution in [2.24, 2.45) is 5.92 Å². The fraction of sp³-hybridized carbons (Fsp3) is 0.393. The van der Waals surface area contributed by atoms with E-state index in [0.29, 0.717) is 17.7 Å². The van der Waals surface area contributed by atoms with E-state index < -0.39 is 17.8 Å². The summed E-state index contributed by atoms with van der Waals surface area (Å²) in [5.74, 6) is -3.37. The standard InChI is InChI=1S/C28H29N3O5/c32-25-9-10-26(33)36-28(35-25)23-7-3-2-6-22(23)27(34)31(28)19-20-11-14-29(15-12-20)17-18-30-16-13-21-5-1-4-8-24(21)30/h1-10,20H,11-19H2. The molecule has 0 atom stereocenters.